The lowest BCUT2D eigenvalue weighted by molar-refractivity contribution is 0.0929. The third kappa shape index (κ3) is 5.06. The largest absolute Gasteiger partial charge is 0.399 e. The third-order valence-electron chi connectivity index (χ3n) is 3.70. The minimum Gasteiger partial charge on any atom is -0.399 e. The zero-order chi connectivity index (χ0) is 17.7. The Morgan fingerprint density at radius 2 is 1.88 bits per heavy atom. The number of pyridine rings is 1. The van der Waals surface area contributed by atoms with Crippen LogP contribution >= 0.6 is 0 Å². The first-order valence-electron chi connectivity index (χ1n) is 8.02. The van der Waals surface area contributed by atoms with Crippen molar-refractivity contribution < 1.29 is 4.79 Å². The molecule has 0 fully saturated rings. The topological polar surface area (TPSA) is 71.2 Å². The Morgan fingerprint density at radius 1 is 1.21 bits per heavy atom. The molecule has 0 saturated heterocycles. The number of amides is 1. The number of aromatic nitrogens is 1. The van der Waals surface area contributed by atoms with Crippen LogP contribution in [0.5, 0.6) is 0 Å². The van der Waals surface area contributed by atoms with Gasteiger partial charge in [0.15, 0.2) is 0 Å². The van der Waals surface area contributed by atoms with Crippen LogP contribution in [0.15, 0.2) is 42.6 Å². The lowest BCUT2D eigenvalue weighted by Crippen LogP contribution is -2.39. The summed E-state index contributed by atoms with van der Waals surface area (Å²) in [5.74, 6) is -0.0612. The summed E-state index contributed by atoms with van der Waals surface area (Å²) in [6.45, 7) is 5.82. The van der Waals surface area contributed by atoms with Gasteiger partial charge in [-0.1, -0.05) is 26.0 Å². The van der Waals surface area contributed by atoms with Crippen molar-refractivity contribution in [3.05, 3.63) is 48.2 Å². The first kappa shape index (κ1) is 17.9. The number of carbonyl (C=O) groups is 1. The molecule has 5 heteroatoms. The van der Waals surface area contributed by atoms with E-state index in [1.165, 1.54) is 0 Å². The number of nitrogens with two attached hydrogens (primary N) is 1. The SMILES string of the molecule is CN(C)CC(C)(C)CNC(=O)c1ccc(-c2cc(N)ccn2)cc1. The Labute approximate surface area is 143 Å². The summed E-state index contributed by atoms with van der Waals surface area (Å²) in [6.07, 6.45) is 1.68. The number of nitrogens with zero attached hydrogens (tertiary/aromatic N) is 2. The second kappa shape index (κ2) is 7.45. The molecule has 0 bridgehead atoms. The van der Waals surface area contributed by atoms with Crippen molar-refractivity contribution in [3.63, 3.8) is 0 Å². The molecule has 2 rings (SSSR count). The highest BCUT2D eigenvalue weighted by Gasteiger charge is 2.20. The van der Waals surface area contributed by atoms with Crippen LogP contribution in [0.1, 0.15) is 24.2 Å². The van der Waals surface area contributed by atoms with Crippen LogP contribution in [0.4, 0.5) is 5.69 Å². The van der Waals surface area contributed by atoms with Gasteiger partial charge in [0.1, 0.15) is 0 Å². The van der Waals surface area contributed by atoms with Gasteiger partial charge in [0.25, 0.3) is 5.91 Å². The van der Waals surface area contributed by atoms with E-state index < -0.39 is 0 Å². The third-order valence-corrected chi connectivity index (χ3v) is 3.70. The Balaban J connectivity index is 2.01. The molecule has 24 heavy (non-hydrogen) atoms. The summed E-state index contributed by atoms with van der Waals surface area (Å²) in [7, 11) is 4.07. The highest BCUT2D eigenvalue weighted by molar-refractivity contribution is 5.94. The maximum atomic E-state index is 12.3. The predicted molar refractivity (Wildman–Crippen MR) is 98.8 cm³/mol. The molecule has 0 aliphatic carbocycles. The number of hydrogen-bond acceptors (Lipinski definition) is 4. The van der Waals surface area contributed by atoms with Crippen LogP contribution in [0, 0.1) is 5.41 Å². The Bertz CT molecular complexity index is 693. The molecule has 5 nitrogen and oxygen atoms in total. The van der Waals surface area contributed by atoms with E-state index in [9.17, 15) is 4.79 Å². The molecule has 0 spiro atoms. The average molecular weight is 326 g/mol. The quantitative estimate of drug-likeness (QED) is 0.856. The molecule has 1 heterocycles. The highest BCUT2D eigenvalue weighted by atomic mass is 16.1. The molecule has 0 unspecified atom stereocenters. The highest BCUT2D eigenvalue weighted by Crippen LogP contribution is 2.19. The van der Waals surface area contributed by atoms with Gasteiger partial charge in [-0.15, -0.1) is 0 Å². The molecule has 128 valence electrons. The average Bonchev–Trinajstić information content (AvgIpc) is 2.52. The molecule has 3 N–H and O–H groups in total. The molecule has 0 aliphatic rings. The summed E-state index contributed by atoms with van der Waals surface area (Å²) in [5, 5.41) is 3.01. The Hall–Kier alpha value is -2.40. The minimum atomic E-state index is -0.0612. The van der Waals surface area contributed by atoms with Crippen molar-refractivity contribution in [1.29, 1.82) is 0 Å². The monoisotopic (exact) mass is 326 g/mol. The smallest absolute Gasteiger partial charge is 0.251 e. The number of anilines is 1. The van der Waals surface area contributed by atoms with Crippen LogP contribution in [0.25, 0.3) is 11.3 Å². The normalized spacial score (nSPS) is 11.5. The van der Waals surface area contributed by atoms with E-state index in [0.29, 0.717) is 17.8 Å². The van der Waals surface area contributed by atoms with E-state index in [1.807, 2.05) is 44.4 Å². The first-order valence-corrected chi connectivity index (χ1v) is 8.02. The summed E-state index contributed by atoms with van der Waals surface area (Å²) < 4.78 is 0. The van der Waals surface area contributed by atoms with Gasteiger partial charge in [-0.2, -0.15) is 0 Å². The van der Waals surface area contributed by atoms with Gasteiger partial charge >= 0.3 is 0 Å². The fourth-order valence-electron chi connectivity index (χ4n) is 2.73. The number of benzene rings is 1. The maximum absolute atomic E-state index is 12.3. The van der Waals surface area contributed by atoms with Gasteiger partial charge in [-0.3, -0.25) is 9.78 Å². The van der Waals surface area contributed by atoms with Crippen molar-refractivity contribution in [2.45, 2.75) is 13.8 Å². The van der Waals surface area contributed by atoms with Gasteiger partial charge in [0.05, 0.1) is 5.69 Å². The molecule has 1 aromatic carbocycles. The van der Waals surface area contributed by atoms with E-state index in [0.717, 1.165) is 17.8 Å². The zero-order valence-electron chi connectivity index (χ0n) is 14.8. The molecular formula is C19H26N4O. The number of hydrogen-bond donors (Lipinski definition) is 2. The second-order valence-electron chi connectivity index (χ2n) is 7.14. The van der Waals surface area contributed by atoms with E-state index in [2.05, 4.69) is 29.0 Å². The van der Waals surface area contributed by atoms with Gasteiger partial charge in [0, 0.05) is 36.1 Å². The number of rotatable bonds is 6. The fraction of sp³-hybridized carbons (Fsp3) is 0.368. The Kier molecular flexibility index (Phi) is 5.57. The van der Waals surface area contributed by atoms with Crippen molar-refractivity contribution >= 4 is 11.6 Å². The van der Waals surface area contributed by atoms with Crippen LogP contribution in [-0.2, 0) is 0 Å². The van der Waals surface area contributed by atoms with Crippen LogP contribution in [0.3, 0.4) is 0 Å². The molecule has 1 aromatic heterocycles. The second-order valence-corrected chi connectivity index (χ2v) is 7.14. The number of carbonyl (C=O) groups excluding carboxylic acids is 1. The van der Waals surface area contributed by atoms with Gasteiger partial charge in [-0.05, 0) is 43.8 Å². The molecule has 2 aromatic rings. The summed E-state index contributed by atoms with van der Waals surface area (Å²) in [4.78, 5) is 18.7. The fourth-order valence-corrected chi connectivity index (χ4v) is 2.73. The van der Waals surface area contributed by atoms with Crippen LogP contribution in [-0.4, -0.2) is 43.0 Å². The summed E-state index contributed by atoms with van der Waals surface area (Å²) in [5.41, 5.74) is 8.85. The maximum Gasteiger partial charge on any atom is 0.251 e. The van der Waals surface area contributed by atoms with E-state index in [1.54, 1.807) is 12.3 Å². The summed E-state index contributed by atoms with van der Waals surface area (Å²) >= 11 is 0. The van der Waals surface area contributed by atoms with Crippen LogP contribution < -0.4 is 11.1 Å². The molecule has 0 saturated carbocycles. The molecule has 1 amide bonds. The Morgan fingerprint density at radius 3 is 2.46 bits per heavy atom. The molecule has 0 radical (unpaired) electrons. The van der Waals surface area contributed by atoms with Gasteiger partial charge < -0.3 is 16.0 Å². The van der Waals surface area contributed by atoms with E-state index in [4.69, 9.17) is 5.73 Å². The van der Waals surface area contributed by atoms with Crippen molar-refractivity contribution in [1.82, 2.24) is 15.2 Å². The standard InChI is InChI=1S/C19H26N4O/c1-19(2,13-23(3)4)12-22-18(24)15-7-5-14(6-8-15)17-11-16(20)9-10-21-17/h5-11H,12-13H2,1-4H3,(H2,20,21)(H,22,24). The van der Waals surface area contributed by atoms with Crippen molar-refractivity contribution in [3.8, 4) is 11.3 Å². The molecule has 0 atom stereocenters. The molecular weight excluding hydrogens is 300 g/mol. The lowest BCUT2D eigenvalue weighted by Gasteiger charge is -2.28. The lowest BCUT2D eigenvalue weighted by atomic mass is 9.93. The van der Waals surface area contributed by atoms with Gasteiger partial charge in [-0.25, -0.2) is 0 Å². The predicted octanol–water partition coefficient (Wildman–Crippen LogP) is 2.65. The van der Waals surface area contributed by atoms with Crippen LogP contribution in [0.2, 0.25) is 0 Å². The zero-order valence-corrected chi connectivity index (χ0v) is 14.8. The summed E-state index contributed by atoms with van der Waals surface area (Å²) in [6, 6.07) is 11.0. The molecule has 0 aliphatic heterocycles. The van der Waals surface area contributed by atoms with E-state index >= 15 is 0 Å². The number of nitrogen functional groups attached to an aromatic ring is 1. The number of nitrogens with one attached hydrogen (secondary N) is 1. The van der Waals surface area contributed by atoms with Crippen molar-refractivity contribution in [2.24, 2.45) is 5.41 Å². The van der Waals surface area contributed by atoms with Gasteiger partial charge in [0.2, 0.25) is 0 Å². The minimum absolute atomic E-state index is 0.0184. The first-order chi connectivity index (χ1) is 11.3. The van der Waals surface area contributed by atoms with Crippen molar-refractivity contribution in [2.75, 3.05) is 32.9 Å². The van der Waals surface area contributed by atoms with E-state index in [-0.39, 0.29) is 11.3 Å².